The third kappa shape index (κ3) is 2.50. The Bertz CT molecular complexity index is 830. The molecule has 1 heterocycles. The maximum absolute atomic E-state index is 4.89. The Kier molecular flexibility index (Phi) is 3.94. The summed E-state index contributed by atoms with van der Waals surface area (Å²) in [6.07, 6.45) is 7.35. The number of para-hydroxylation sites is 1. The molecule has 1 aliphatic carbocycles. The van der Waals surface area contributed by atoms with Crippen LogP contribution in [0.25, 0.3) is 0 Å². The Morgan fingerprint density at radius 2 is 1.80 bits per heavy atom. The van der Waals surface area contributed by atoms with Crippen molar-refractivity contribution in [2.24, 2.45) is 4.99 Å². The predicted octanol–water partition coefficient (Wildman–Crippen LogP) is 5.83. The van der Waals surface area contributed by atoms with Crippen LogP contribution >= 0.6 is 0 Å². The molecule has 0 aromatic heterocycles. The highest BCUT2D eigenvalue weighted by atomic mass is 15.2. The molecule has 25 heavy (non-hydrogen) atoms. The highest BCUT2D eigenvalue weighted by Gasteiger charge is 2.39. The second kappa shape index (κ2) is 6.01. The SMILES string of the molecule is Cc1ccc(C)c(C2(C)c3cccc(C4CCCC4)c3N=CN2C)c1. The molecule has 1 unspecified atom stereocenters. The van der Waals surface area contributed by atoms with Gasteiger partial charge >= 0.3 is 0 Å². The lowest BCUT2D eigenvalue weighted by Crippen LogP contribution is -2.44. The van der Waals surface area contributed by atoms with E-state index in [4.69, 9.17) is 4.99 Å². The van der Waals surface area contributed by atoms with Crippen LogP contribution in [0.5, 0.6) is 0 Å². The van der Waals surface area contributed by atoms with E-state index in [0.29, 0.717) is 5.92 Å². The van der Waals surface area contributed by atoms with Crippen molar-refractivity contribution in [1.29, 1.82) is 0 Å². The second-order valence-electron chi connectivity index (χ2n) is 7.97. The molecule has 2 heteroatoms. The molecule has 0 saturated heterocycles. The minimum Gasteiger partial charge on any atom is -0.352 e. The molecule has 0 amide bonds. The third-order valence-electron chi connectivity index (χ3n) is 6.37. The molecule has 4 rings (SSSR count). The average Bonchev–Trinajstić information content (AvgIpc) is 3.14. The molecule has 2 aromatic carbocycles. The Balaban J connectivity index is 1.93. The van der Waals surface area contributed by atoms with Crippen molar-refractivity contribution in [3.05, 3.63) is 64.2 Å². The van der Waals surface area contributed by atoms with Gasteiger partial charge in [0.25, 0.3) is 0 Å². The standard InChI is InChI=1S/C23H28N2/c1-16-12-13-17(2)21(14-16)23(3)20-11-7-10-19(18-8-5-6-9-18)22(20)24-15-25(23)4/h7,10-15,18H,5-6,8-9H2,1-4H3. The molecule has 1 saturated carbocycles. The van der Waals surface area contributed by atoms with Gasteiger partial charge < -0.3 is 4.90 Å². The number of fused-ring (bicyclic) bond motifs is 1. The zero-order chi connectivity index (χ0) is 17.6. The number of nitrogens with zero attached hydrogens (tertiary/aromatic N) is 2. The molecular weight excluding hydrogens is 304 g/mol. The predicted molar refractivity (Wildman–Crippen MR) is 106 cm³/mol. The molecule has 130 valence electrons. The van der Waals surface area contributed by atoms with E-state index in [-0.39, 0.29) is 5.54 Å². The quantitative estimate of drug-likeness (QED) is 0.675. The molecule has 0 spiro atoms. The Labute approximate surface area is 151 Å². The van der Waals surface area contributed by atoms with Crippen LogP contribution in [-0.4, -0.2) is 18.3 Å². The van der Waals surface area contributed by atoms with Gasteiger partial charge in [-0.3, -0.25) is 0 Å². The van der Waals surface area contributed by atoms with E-state index in [9.17, 15) is 0 Å². The topological polar surface area (TPSA) is 15.6 Å². The van der Waals surface area contributed by atoms with Crippen molar-refractivity contribution in [1.82, 2.24) is 4.90 Å². The van der Waals surface area contributed by atoms with Crippen LogP contribution in [0.4, 0.5) is 5.69 Å². The maximum atomic E-state index is 4.89. The van der Waals surface area contributed by atoms with Gasteiger partial charge in [0.1, 0.15) is 0 Å². The number of hydrogen-bond donors (Lipinski definition) is 0. The van der Waals surface area contributed by atoms with Crippen LogP contribution in [0.1, 0.15) is 66.3 Å². The van der Waals surface area contributed by atoms with Gasteiger partial charge in [-0.15, -0.1) is 0 Å². The van der Waals surface area contributed by atoms with Crippen molar-refractivity contribution in [3.8, 4) is 0 Å². The zero-order valence-electron chi connectivity index (χ0n) is 15.8. The Morgan fingerprint density at radius 1 is 1.04 bits per heavy atom. The van der Waals surface area contributed by atoms with Gasteiger partial charge in [-0.05, 0) is 56.2 Å². The summed E-state index contributed by atoms with van der Waals surface area (Å²) in [5.41, 5.74) is 7.87. The van der Waals surface area contributed by atoms with E-state index in [1.54, 1.807) is 0 Å². The molecule has 2 nitrogen and oxygen atoms in total. The normalized spacial score (nSPS) is 23.1. The van der Waals surface area contributed by atoms with Crippen LogP contribution < -0.4 is 0 Å². The number of aliphatic imine (C=N–C) groups is 1. The van der Waals surface area contributed by atoms with Crippen LogP contribution in [0, 0.1) is 13.8 Å². The van der Waals surface area contributed by atoms with Crippen LogP contribution in [0.15, 0.2) is 41.4 Å². The molecule has 2 aliphatic rings. The number of hydrogen-bond acceptors (Lipinski definition) is 2. The summed E-state index contributed by atoms with van der Waals surface area (Å²) in [5.74, 6) is 0.679. The van der Waals surface area contributed by atoms with Crippen molar-refractivity contribution < 1.29 is 0 Å². The van der Waals surface area contributed by atoms with Gasteiger partial charge in [0, 0.05) is 12.6 Å². The Morgan fingerprint density at radius 3 is 2.56 bits per heavy atom. The first-order chi connectivity index (χ1) is 12.0. The van der Waals surface area contributed by atoms with Gasteiger partial charge in [-0.1, -0.05) is 54.8 Å². The number of rotatable bonds is 2. The van der Waals surface area contributed by atoms with Gasteiger partial charge in [0.15, 0.2) is 0 Å². The number of aryl methyl sites for hydroxylation is 2. The largest absolute Gasteiger partial charge is 0.352 e. The van der Waals surface area contributed by atoms with E-state index in [0.717, 1.165) is 0 Å². The van der Waals surface area contributed by atoms with Crippen molar-refractivity contribution in [2.75, 3.05) is 7.05 Å². The smallest absolute Gasteiger partial charge is 0.0919 e. The lowest BCUT2D eigenvalue weighted by atomic mass is 9.77. The van der Waals surface area contributed by atoms with Crippen LogP contribution in [0.2, 0.25) is 0 Å². The third-order valence-corrected chi connectivity index (χ3v) is 6.37. The van der Waals surface area contributed by atoms with Crippen molar-refractivity contribution in [2.45, 2.75) is 57.9 Å². The summed E-state index contributed by atoms with van der Waals surface area (Å²) in [7, 11) is 2.15. The fourth-order valence-corrected chi connectivity index (χ4v) is 4.71. The minimum absolute atomic E-state index is 0.179. The summed E-state index contributed by atoms with van der Waals surface area (Å²) >= 11 is 0. The molecule has 1 fully saturated rings. The highest BCUT2D eigenvalue weighted by Crippen LogP contribution is 2.48. The Hall–Kier alpha value is -2.09. The molecule has 1 aliphatic heterocycles. The average molecular weight is 332 g/mol. The summed E-state index contributed by atoms with van der Waals surface area (Å²) in [6, 6.07) is 13.6. The summed E-state index contributed by atoms with van der Waals surface area (Å²) in [5, 5.41) is 0. The van der Waals surface area contributed by atoms with Crippen LogP contribution in [-0.2, 0) is 5.54 Å². The van der Waals surface area contributed by atoms with Crippen molar-refractivity contribution >= 4 is 12.0 Å². The fraction of sp³-hybridized carbons (Fsp3) is 0.435. The van der Waals surface area contributed by atoms with Gasteiger partial charge in [-0.2, -0.15) is 0 Å². The summed E-state index contributed by atoms with van der Waals surface area (Å²) in [4.78, 5) is 7.17. The molecule has 0 radical (unpaired) electrons. The van der Waals surface area contributed by atoms with E-state index in [1.807, 2.05) is 6.34 Å². The van der Waals surface area contributed by atoms with E-state index in [1.165, 1.54) is 59.2 Å². The monoisotopic (exact) mass is 332 g/mol. The second-order valence-corrected chi connectivity index (χ2v) is 7.97. The molecule has 1 atom stereocenters. The first kappa shape index (κ1) is 16.4. The van der Waals surface area contributed by atoms with E-state index >= 15 is 0 Å². The fourth-order valence-electron chi connectivity index (χ4n) is 4.71. The van der Waals surface area contributed by atoms with Crippen LogP contribution in [0.3, 0.4) is 0 Å². The van der Waals surface area contributed by atoms with Gasteiger partial charge in [0.2, 0.25) is 0 Å². The maximum Gasteiger partial charge on any atom is 0.0919 e. The van der Waals surface area contributed by atoms with Crippen molar-refractivity contribution in [3.63, 3.8) is 0 Å². The van der Waals surface area contributed by atoms with E-state index < -0.39 is 0 Å². The number of benzene rings is 2. The molecule has 0 bridgehead atoms. The van der Waals surface area contributed by atoms with E-state index in [2.05, 4.69) is 69.1 Å². The van der Waals surface area contributed by atoms with Gasteiger partial charge in [0.05, 0.1) is 17.6 Å². The minimum atomic E-state index is -0.179. The van der Waals surface area contributed by atoms with Gasteiger partial charge in [-0.25, -0.2) is 4.99 Å². The lowest BCUT2D eigenvalue weighted by molar-refractivity contribution is 0.290. The first-order valence-corrected chi connectivity index (χ1v) is 9.50. The molecule has 0 N–H and O–H groups in total. The summed E-state index contributed by atoms with van der Waals surface area (Å²) in [6.45, 7) is 6.75. The molecule has 2 aromatic rings. The lowest BCUT2D eigenvalue weighted by Gasteiger charge is -2.43. The summed E-state index contributed by atoms with van der Waals surface area (Å²) < 4.78 is 0. The highest BCUT2D eigenvalue weighted by molar-refractivity contribution is 5.74. The molecular formula is C23H28N2. The first-order valence-electron chi connectivity index (χ1n) is 9.50. The zero-order valence-corrected chi connectivity index (χ0v) is 15.8.